The van der Waals surface area contributed by atoms with Crippen LogP contribution in [0.4, 0.5) is 50.0 Å². The monoisotopic (exact) mass is 570 g/mol. The van der Waals surface area contributed by atoms with Gasteiger partial charge in [-0.15, -0.1) is 0 Å². The van der Waals surface area contributed by atoms with Gasteiger partial charge in [-0.2, -0.15) is 39.5 Å². The van der Waals surface area contributed by atoms with Gasteiger partial charge >= 0.3 is 24.6 Å². The van der Waals surface area contributed by atoms with Crippen molar-refractivity contribution in [1.29, 1.82) is 0 Å². The second-order valence-corrected chi connectivity index (χ2v) is 8.96. The Morgan fingerprint density at radius 2 is 1.44 bits per heavy atom. The molecule has 0 saturated carbocycles. The highest BCUT2D eigenvalue weighted by Crippen LogP contribution is 2.49. The van der Waals surface area contributed by atoms with Crippen LogP contribution in [-0.2, 0) is 28.1 Å². The first-order valence-corrected chi connectivity index (χ1v) is 11.7. The Hall–Kier alpha value is -3.45. The molecule has 3 rings (SSSR count). The molecular weight excluding hydrogens is 547 g/mol. The molecule has 2 amide bonds. The molecular formula is C25H23F9N2O3. The topological polar surface area (TPSA) is 72.6 Å². The summed E-state index contributed by atoms with van der Waals surface area (Å²) in [6.45, 7) is 3.02. The van der Waals surface area contributed by atoms with E-state index in [2.05, 4.69) is 0 Å². The zero-order chi connectivity index (χ0) is 29.5. The van der Waals surface area contributed by atoms with Crippen molar-refractivity contribution >= 4 is 17.7 Å². The lowest BCUT2D eigenvalue weighted by atomic mass is 9.73. The van der Waals surface area contributed by atoms with Crippen LogP contribution in [0.5, 0.6) is 0 Å². The van der Waals surface area contributed by atoms with E-state index < -0.39 is 70.7 Å². The summed E-state index contributed by atoms with van der Waals surface area (Å²) in [7, 11) is 0. The molecule has 2 aromatic rings. The Labute approximate surface area is 216 Å². The highest BCUT2D eigenvalue weighted by Gasteiger charge is 2.45. The Kier molecular flexibility index (Phi) is 8.19. The van der Waals surface area contributed by atoms with E-state index in [1.165, 1.54) is 6.92 Å². The number of amides is 2. The number of primary amides is 1. The average molecular weight is 570 g/mol. The minimum atomic E-state index is -5.24. The summed E-state index contributed by atoms with van der Waals surface area (Å²) >= 11 is 0. The van der Waals surface area contributed by atoms with E-state index in [1.54, 1.807) is 6.92 Å². The molecule has 3 atom stereocenters. The molecule has 0 bridgehead atoms. The maximum atomic E-state index is 13.6. The number of benzene rings is 2. The van der Waals surface area contributed by atoms with Gasteiger partial charge in [0.15, 0.2) is 0 Å². The van der Waals surface area contributed by atoms with Gasteiger partial charge in [-0.1, -0.05) is 6.92 Å². The number of carbonyl (C=O) groups excluding carboxylic acids is 2. The summed E-state index contributed by atoms with van der Waals surface area (Å²) < 4.78 is 127. The molecule has 1 aliphatic rings. The van der Waals surface area contributed by atoms with Gasteiger partial charge in [0.2, 0.25) is 5.91 Å². The fourth-order valence-corrected chi connectivity index (χ4v) is 4.83. The number of hydrogen-bond acceptors (Lipinski definition) is 3. The van der Waals surface area contributed by atoms with Crippen LogP contribution in [0, 0.1) is 0 Å². The summed E-state index contributed by atoms with van der Waals surface area (Å²) in [5.41, 5.74) is -0.307. The van der Waals surface area contributed by atoms with E-state index in [9.17, 15) is 49.1 Å². The normalized spacial score (nSPS) is 18.9. The molecule has 1 aliphatic heterocycles. The third kappa shape index (κ3) is 6.25. The van der Waals surface area contributed by atoms with Crippen LogP contribution in [0.15, 0.2) is 36.4 Å². The molecule has 0 radical (unpaired) electrons. The number of carbonyl (C=O) groups is 2. The minimum Gasteiger partial charge on any atom is -0.449 e. The zero-order valence-electron chi connectivity index (χ0n) is 20.5. The van der Waals surface area contributed by atoms with Crippen LogP contribution >= 0.6 is 0 Å². The fourth-order valence-electron chi connectivity index (χ4n) is 4.83. The lowest BCUT2D eigenvalue weighted by molar-refractivity contribution is -0.143. The molecule has 2 aromatic carbocycles. The van der Waals surface area contributed by atoms with E-state index in [0.29, 0.717) is 24.3 Å². The number of nitrogens with zero attached hydrogens (tertiary/aromatic N) is 1. The highest BCUT2D eigenvalue weighted by atomic mass is 19.4. The lowest BCUT2D eigenvalue weighted by Crippen LogP contribution is -2.46. The minimum absolute atomic E-state index is 0.0838. The van der Waals surface area contributed by atoms with E-state index in [-0.39, 0.29) is 36.8 Å². The summed E-state index contributed by atoms with van der Waals surface area (Å²) in [5.74, 6) is -4.65. The number of rotatable bonds is 5. The second kappa shape index (κ2) is 10.6. The van der Waals surface area contributed by atoms with Crippen LogP contribution in [0.1, 0.15) is 66.3 Å². The first kappa shape index (κ1) is 30.1. The van der Waals surface area contributed by atoms with Crippen molar-refractivity contribution in [2.24, 2.45) is 5.73 Å². The maximum absolute atomic E-state index is 13.6. The molecule has 0 saturated heterocycles. The molecule has 1 heterocycles. The predicted octanol–water partition coefficient (Wildman–Crippen LogP) is 7.24. The molecule has 5 nitrogen and oxygen atoms in total. The molecule has 0 aromatic heterocycles. The summed E-state index contributed by atoms with van der Waals surface area (Å²) in [6.07, 6.45) is -16.4. The second-order valence-electron chi connectivity index (χ2n) is 8.96. The van der Waals surface area contributed by atoms with E-state index >= 15 is 0 Å². The number of alkyl halides is 9. The van der Waals surface area contributed by atoms with Gasteiger partial charge < -0.3 is 10.5 Å². The molecule has 0 spiro atoms. The van der Waals surface area contributed by atoms with Crippen molar-refractivity contribution in [3.63, 3.8) is 0 Å². The van der Waals surface area contributed by atoms with Crippen LogP contribution < -0.4 is 10.6 Å². The van der Waals surface area contributed by atoms with Crippen LogP contribution in [0.3, 0.4) is 0 Å². The Morgan fingerprint density at radius 3 is 1.87 bits per heavy atom. The van der Waals surface area contributed by atoms with Crippen molar-refractivity contribution in [3.05, 3.63) is 64.2 Å². The Bertz CT molecular complexity index is 1210. The molecule has 39 heavy (non-hydrogen) atoms. The van der Waals surface area contributed by atoms with Crippen LogP contribution in [0.2, 0.25) is 0 Å². The van der Waals surface area contributed by atoms with Gasteiger partial charge in [0, 0.05) is 12.0 Å². The molecule has 0 fully saturated rings. The van der Waals surface area contributed by atoms with Gasteiger partial charge in [-0.3, -0.25) is 9.69 Å². The van der Waals surface area contributed by atoms with Gasteiger partial charge in [0.05, 0.1) is 34.9 Å². The van der Waals surface area contributed by atoms with Crippen LogP contribution in [0.25, 0.3) is 0 Å². The Balaban J connectivity index is 2.33. The van der Waals surface area contributed by atoms with Gasteiger partial charge in [0.25, 0.3) is 0 Å². The summed E-state index contributed by atoms with van der Waals surface area (Å²) in [6, 6.07) is 1.95. The van der Waals surface area contributed by atoms with Gasteiger partial charge in [-0.25, -0.2) is 4.79 Å². The number of hydrogen-bond donors (Lipinski definition) is 1. The van der Waals surface area contributed by atoms with Gasteiger partial charge in [-0.05, 0) is 67.3 Å². The standard InChI is InChI=1S/C25H23F9N2O3/c1-3-16-11-18(17-10-13(23(26,27)28)5-6-19(17)36(16)22(38)39-4-2)20(21(35)37)12-7-14(24(29,30)31)9-15(8-12)25(32,33)34/h5-10,16,18,20H,3-4,11H2,1-2H3,(H2,35,37). The first-order valence-electron chi connectivity index (χ1n) is 11.7. The molecule has 3 unspecified atom stereocenters. The average Bonchev–Trinajstić information content (AvgIpc) is 2.81. The fraction of sp³-hybridized carbons (Fsp3) is 0.440. The van der Waals surface area contributed by atoms with Gasteiger partial charge in [0.1, 0.15) is 0 Å². The molecule has 2 N–H and O–H groups in total. The summed E-state index contributed by atoms with van der Waals surface area (Å²) in [5, 5.41) is 0. The molecule has 0 aliphatic carbocycles. The van der Waals surface area contributed by atoms with E-state index in [1.807, 2.05) is 0 Å². The predicted molar refractivity (Wildman–Crippen MR) is 121 cm³/mol. The van der Waals surface area contributed by atoms with Crippen molar-refractivity contribution in [2.75, 3.05) is 11.5 Å². The maximum Gasteiger partial charge on any atom is 0.416 e. The lowest BCUT2D eigenvalue weighted by Gasteiger charge is -2.42. The zero-order valence-corrected chi connectivity index (χ0v) is 20.5. The van der Waals surface area contributed by atoms with Crippen molar-refractivity contribution in [1.82, 2.24) is 0 Å². The Morgan fingerprint density at radius 1 is 0.897 bits per heavy atom. The highest BCUT2D eigenvalue weighted by molar-refractivity contribution is 5.91. The van der Waals surface area contributed by atoms with Crippen LogP contribution in [-0.4, -0.2) is 24.6 Å². The van der Waals surface area contributed by atoms with E-state index in [0.717, 1.165) is 11.0 Å². The largest absolute Gasteiger partial charge is 0.449 e. The van der Waals surface area contributed by atoms with E-state index in [4.69, 9.17) is 10.5 Å². The summed E-state index contributed by atoms with van der Waals surface area (Å²) in [4.78, 5) is 26.5. The number of nitrogens with two attached hydrogens (primary N) is 1. The number of ether oxygens (including phenoxy) is 1. The number of fused-ring (bicyclic) bond motifs is 1. The smallest absolute Gasteiger partial charge is 0.416 e. The third-order valence-corrected chi connectivity index (χ3v) is 6.52. The first-order chi connectivity index (χ1) is 17.9. The van der Waals surface area contributed by atoms with Crippen molar-refractivity contribution in [3.8, 4) is 0 Å². The number of anilines is 1. The van der Waals surface area contributed by atoms with Crippen molar-refractivity contribution < 1.29 is 53.8 Å². The quantitative estimate of drug-likeness (QED) is 0.385. The number of halogens is 9. The molecule has 14 heteroatoms. The van der Waals surface area contributed by atoms with Crippen molar-refractivity contribution in [2.45, 2.75) is 63.1 Å². The SMILES string of the molecule is CCOC(=O)N1c2ccc(C(F)(F)F)cc2C(C(C(N)=O)c2cc(C(F)(F)F)cc(C(F)(F)F)c2)CC1CC. The molecule has 214 valence electrons. The third-order valence-electron chi connectivity index (χ3n) is 6.52.